The monoisotopic (exact) mass is 511 g/mol. The lowest BCUT2D eigenvalue weighted by molar-refractivity contribution is -0.137. The molecule has 3 aromatic carbocycles. The van der Waals surface area contributed by atoms with E-state index in [9.17, 15) is 4.79 Å². The summed E-state index contributed by atoms with van der Waals surface area (Å²) in [5.41, 5.74) is 4.96. The largest absolute Gasteiger partial charge is 0.495 e. The van der Waals surface area contributed by atoms with Crippen LogP contribution in [0.5, 0.6) is 5.75 Å². The highest BCUT2D eigenvalue weighted by Gasteiger charge is 2.10. The summed E-state index contributed by atoms with van der Waals surface area (Å²) in [4.78, 5) is 13.0. The van der Waals surface area contributed by atoms with E-state index < -0.39 is 0 Å². The number of aryl methyl sites for hydroxylation is 1. The lowest BCUT2D eigenvalue weighted by Crippen LogP contribution is -2.00. The molecule has 0 amide bonds. The van der Waals surface area contributed by atoms with Crippen LogP contribution < -0.4 is 10.1 Å². The van der Waals surface area contributed by atoms with Gasteiger partial charge in [-0.05, 0) is 66.9 Å². The van der Waals surface area contributed by atoms with E-state index in [1.165, 1.54) is 11.6 Å². The molecule has 166 valence electrons. The minimum Gasteiger partial charge on any atom is -0.495 e. The number of nitrogens with one attached hydrogen (secondary N) is 1. The van der Waals surface area contributed by atoms with E-state index in [-0.39, 0.29) is 5.97 Å². The number of hydrogen-bond donors (Lipinski definition) is 1. The fourth-order valence-corrected chi connectivity index (χ4v) is 4.27. The Balaban J connectivity index is 1.90. The number of carbonyl (C=O) groups is 1. The quantitative estimate of drug-likeness (QED) is 0.184. The Kier molecular flexibility index (Phi) is 8.82. The van der Waals surface area contributed by atoms with Crippen molar-refractivity contribution < 1.29 is 14.3 Å². The first-order valence-electron chi connectivity index (χ1n) is 10.3. The number of esters is 1. The van der Waals surface area contributed by atoms with Gasteiger partial charge in [-0.1, -0.05) is 46.3 Å². The minimum absolute atomic E-state index is 0.344. The molecule has 0 unspecified atom stereocenters. The molecule has 0 saturated carbocycles. The van der Waals surface area contributed by atoms with Crippen molar-refractivity contribution in [2.24, 2.45) is 0 Å². The zero-order valence-corrected chi connectivity index (χ0v) is 20.8. The molecule has 3 aromatic rings. The first-order chi connectivity index (χ1) is 15.5. The van der Waals surface area contributed by atoms with Crippen LogP contribution in [0.4, 0.5) is 11.4 Å². The molecule has 1 N–H and O–H groups in total. The van der Waals surface area contributed by atoms with Crippen molar-refractivity contribution in [3.8, 4) is 5.75 Å². The highest BCUT2D eigenvalue weighted by atomic mass is 79.9. The van der Waals surface area contributed by atoms with Crippen molar-refractivity contribution >= 4 is 51.1 Å². The molecule has 6 heteroatoms. The number of thioether (sulfide) groups is 1. The number of rotatable bonds is 9. The first kappa shape index (κ1) is 24.0. The standard InChI is InChI=1S/C26H26BrNO3S/c1-4-31-26(29)13-10-20-15-21(32-17-19-8-6-5-7-9-19)11-12-23(20)28-24-14-18(2)22(27)16-25(24)30-3/h5-16,28H,4,17H2,1-3H3. The zero-order valence-electron chi connectivity index (χ0n) is 18.4. The maximum Gasteiger partial charge on any atom is 0.330 e. The number of benzene rings is 3. The Morgan fingerprint density at radius 2 is 1.88 bits per heavy atom. The summed E-state index contributed by atoms with van der Waals surface area (Å²) in [6, 6.07) is 20.5. The summed E-state index contributed by atoms with van der Waals surface area (Å²) in [5, 5.41) is 3.46. The first-order valence-corrected chi connectivity index (χ1v) is 12.0. The molecule has 0 heterocycles. The number of methoxy groups -OCH3 is 1. The third-order valence-electron chi connectivity index (χ3n) is 4.71. The van der Waals surface area contributed by atoms with Crippen LogP contribution in [0.1, 0.15) is 23.6 Å². The molecule has 0 saturated heterocycles. The average molecular weight is 512 g/mol. The second-order valence-corrected chi connectivity index (χ2v) is 8.94. The highest BCUT2D eigenvalue weighted by Crippen LogP contribution is 2.35. The number of ether oxygens (including phenoxy) is 2. The van der Waals surface area contributed by atoms with E-state index in [2.05, 4.69) is 45.5 Å². The van der Waals surface area contributed by atoms with Gasteiger partial charge in [0.25, 0.3) is 0 Å². The molecule has 0 aliphatic carbocycles. The lowest BCUT2D eigenvalue weighted by Gasteiger charge is -2.16. The Labute approximate surface area is 202 Å². The molecule has 0 aliphatic heterocycles. The predicted molar refractivity (Wildman–Crippen MR) is 137 cm³/mol. The molecule has 0 radical (unpaired) electrons. The van der Waals surface area contributed by atoms with Crippen LogP contribution in [-0.2, 0) is 15.3 Å². The maximum atomic E-state index is 11.9. The number of halogens is 1. The topological polar surface area (TPSA) is 47.6 Å². The van der Waals surface area contributed by atoms with Crippen LogP contribution in [0.25, 0.3) is 6.08 Å². The summed E-state index contributed by atoms with van der Waals surface area (Å²) >= 11 is 5.30. The molecule has 3 rings (SSSR count). The Bertz CT molecular complexity index is 1100. The second-order valence-electron chi connectivity index (χ2n) is 7.04. The molecule has 0 atom stereocenters. The van der Waals surface area contributed by atoms with Crippen molar-refractivity contribution in [1.82, 2.24) is 0 Å². The predicted octanol–water partition coefficient (Wildman–Crippen LogP) is 7.38. The smallest absolute Gasteiger partial charge is 0.330 e. The van der Waals surface area contributed by atoms with Crippen molar-refractivity contribution in [2.75, 3.05) is 19.0 Å². The molecule has 4 nitrogen and oxygen atoms in total. The van der Waals surface area contributed by atoms with Gasteiger partial charge in [-0.25, -0.2) is 4.79 Å². The number of anilines is 2. The molecule has 0 fully saturated rings. The Morgan fingerprint density at radius 3 is 2.59 bits per heavy atom. The summed E-state index contributed by atoms with van der Waals surface area (Å²) in [7, 11) is 1.65. The summed E-state index contributed by atoms with van der Waals surface area (Å²) < 4.78 is 11.6. The Hall–Kier alpha value is -2.70. The van der Waals surface area contributed by atoms with Crippen LogP contribution in [0, 0.1) is 6.92 Å². The third kappa shape index (κ3) is 6.65. The summed E-state index contributed by atoms with van der Waals surface area (Å²) in [5.74, 6) is 1.23. The van der Waals surface area contributed by atoms with E-state index in [0.717, 1.165) is 43.4 Å². The average Bonchev–Trinajstić information content (AvgIpc) is 2.80. The lowest BCUT2D eigenvalue weighted by atomic mass is 10.1. The van der Waals surface area contributed by atoms with Gasteiger partial charge in [0.1, 0.15) is 5.75 Å². The van der Waals surface area contributed by atoms with Crippen LogP contribution in [0.3, 0.4) is 0 Å². The van der Waals surface area contributed by atoms with Gasteiger partial charge in [0.15, 0.2) is 0 Å². The molecular weight excluding hydrogens is 486 g/mol. The van der Waals surface area contributed by atoms with Gasteiger partial charge in [0.2, 0.25) is 0 Å². The van der Waals surface area contributed by atoms with E-state index in [1.807, 2.05) is 43.3 Å². The van der Waals surface area contributed by atoms with Crippen LogP contribution in [-0.4, -0.2) is 19.7 Å². The fourth-order valence-electron chi connectivity index (χ4n) is 3.05. The number of carbonyl (C=O) groups excluding carboxylic acids is 1. The molecule has 0 aliphatic rings. The third-order valence-corrected chi connectivity index (χ3v) is 6.63. The van der Waals surface area contributed by atoms with Gasteiger partial charge < -0.3 is 14.8 Å². The van der Waals surface area contributed by atoms with Gasteiger partial charge in [-0.3, -0.25) is 0 Å². The van der Waals surface area contributed by atoms with Crippen LogP contribution >= 0.6 is 27.7 Å². The van der Waals surface area contributed by atoms with E-state index >= 15 is 0 Å². The summed E-state index contributed by atoms with van der Waals surface area (Å²) in [6.45, 7) is 4.16. The highest BCUT2D eigenvalue weighted by molar-refractivity contribution is 9.10. The van der Waals surface area contributed by atoms with E-state index in [1.54, 1.807) is 31.9 Å². The fraction of sp³-hybridized carbons (Fsp3) is 0.192. The van der Waals surface area contributed by atoms with Gasteiger partial charge in [-0.15, -0.1) is 11.8 Å². The zero-order chi connectivity index (χ0) is 22.9. The number of hydrogen-bond acceptors (Lipinski definition) is 5. The van der Waals surface area contributed by atoms with Gasteiger partial charge in [0.05, 0.1) is 19.4 Å². The molecule has 0 bridgehead atoms. The maximum absolute atomic E-state index is 11.9. The normalized spacial score (nSPS) is 10.9. The summed E-state index contributed by atoms with van der Waals surface area (Å²) in [6.07, 6.45) is 3.24. The van der Waals surface area contributed by atoms with Crippen molar-refractivity contribution in [1.29, 1.82) is 0 Å². The van der Waals surface area contributed by atoms with Gasteiger partial charge in [-0.2, -0.15) is 0 Å². The minimum atomic E-state index is -0.363. The van der Waals surface area contributed by atoms with Gasteiger partial charge >= 0.3 is 5.97 Å². The van der Waals surface area contributed by atoms with Crippen LogP contribution in [0.2, 0.25) is 0 Å². The Morgan fingerprint density at radius 1 is 1.09 bits per heavy atom. The molecule has 0 spiro atoms. The van der Waals surface area contributed by atoms with E-state index in [0.29, 0.717) is 6.61 Å². The van der Waals surface area contributed by atoms with Crippen molar-refractivity contribution in [3.63, 3.8) is 0 Å². The molecule has 0 aromatic heterocycles. The van der Waals surface area contributed by atoms with Gasteiger partial charge in [0, 0.05) is 26.9 Å². The SMILES string of the molecule is CCOC(=O)C=Cc1cc(SCc2ccccc2)ccc1Nc1cc(C)c(Br)cc1OC. The molecular formula is C26H26BrNO3S. The second kappa shape index (κ2) is 11.8. The van der Waals surface area contributed by atoms with Crippen molar-refractivity contribution in [2.45, 2.75) is 24.5 Å². The molecule has 32 heavy (non-hydrogen) atoms. The van der Waals surface area contributed by atoms with Crippen LogP contribution in [0.15, 0.2) is 76.1 Å². The van der Waals surface area contributed by atoms with Crippen molar-refractivity contribution in [3.05, 3.63) is 87.9 Å². The van der Waals surface area contributed by atoms with E-state index in [4.69, 9.17) is 9.47 Å².